The minimum atomic E-state index is -4.23. The van der Waals surface area contributed by atoms with Gasteiger partial charge in [0.1, 0.15) is 5.82 Å². The van der Waals surface area contributed by atoms with Crippen LogP contribution in [-0.4, -0.2) is 21.5 Å². The number of nitrogens with two attached hydrogens (primary N) is 1. The molecule has 0 aliphatic rings. The van der Waals surface area contributed by atoms with E-state index in [4.69, 9.17) is 14.6 Å². The maximum absolute atomic E-state index is 13.3. The summed E-state index contributed by atoms with van der Waals surface area (Å²) in [6, 6.07) is 18.1. The summed E-state index contributed by atoms with van der Waals surface area (Å²) in [5.74, 6) is -1.27. The van der Waals surface area contributed by atoms with Gasteiger partial charge in [-0.1, -0.05) is 58.4 Å². The van der Waals surface area contributed by atoms with E-state index < -0.39 is 27.4 Å². The Kier molecular flexibility index (Phi) is 6.90. The molecule has 0 aliphatic heterocycles. The lowest BCUT2D eigenvalue weighted by molar-refractivity contribution is -0.167. The van der Waals surface area contributed by atoms with Gasteiger partial charge in [0, 0.05) is 10.0 Å². The van der Waals surface area contributed by atoms with Gasteiger partial charge < -0.3 is 9.47 Å². The fourth-order valence-corrected chi connectivity index (χ4v) is 4.35. The maximum Gasteiger partial charge on any atom is 0.347 e. The molecular formula is C22H19BrFNO5S. The molecule has 0 aromatic heterocycles. The Hall–Kier alpha value is -2.59. The molecule has 0 spiro atoms. The zero-order chi connectivity index (χ0) is 22.6. The fraction of sp³-hybridized carbons (Fsp3) is 0.136. The fourth-order valence-electron chi connectivity index (χ4n) is 3.22. The van der Waals surface area contributed by atoms with E-state index in [2.05, 4.69) is 15.9 Å². The number of sulfonamides is 1. The van der Waals surface area contributed by atoms with Crippen LogP contribution >= 0.6 is 15.9 Å². The SMILES string of the molecule is COC(=O)[C@@](OCc1ccc(F)cc1)(c1ccccc1)c1cc(Br)ccc1S(N)(=O)=O. The monoisotopic (exact) mass is 507 g/mol. The second-order valence-corrected chi connectivity index (χ2v) is 9.08. The van der Waals surface area contributed by atoms with Gasteiger partial charge in [0.2, 0.25) is 15.6 Å². The third-order valence-corrected chi connectivity index (χ3v) is 6.11. The van der Waals surface area contributed by atoms with Gasteiger partial charge in [-0.2, -0.15) is 0 Å². The summed E-state index contributed by atoms with van der Waals surface area (Å²) >= 11 is 3.32. The molecule has 9 heteroatoms. The Morgan fingerprint density at radius 2 is 1.71 bits per heavy atom. The number of hydrogen-bond acceptors (Lipinski definition) is 5. The molecule has 3 rings (SSSR count). The highest BCUT2D eigenvalue weighted by molar-refractivity contribution is 9.10. The second kappa shape index (κ2) is 9.27. The molecule has 3 aromatic rings. The molecular weight excluding hydrogens is 489 g/mol. The highest BCUT2D eigenvalue weighted by atomic mass is 79.9. The molecule has 0 bridgehead atoms. The van der Waals surface area contributed by atoms with Crippen LogP contribution in [0.2, 0.25) is 0 Å². The van der Waals surface area contributed by atoms with Crippen molar-refractivity contribution < 1.29 is 27.1 Å². The summed E-state index contributed by atoms with van der Waals surface area (Å²) in [5.41, 5.74) is -1.06. The van der Waals surface area contributed by atoms with E-state index >= 15 is 0 Å². The molecule has 0 saturated heterocycles. The molecule has 0 fully saturated rings. The predicted molar refractivity (Wildman–Crippen MR) is 116 cm³/mol. The van der Waals surface area contributed by atoms with E-state index in [1.165, 1.54) is 49.6 Å². The summed E-state index contributed by atoms with van der Waals surface area (Å²) in [7, 11) is -3.05. The van der Waals surface area contributed by atoms with Crippen LogP contribution in [-0.2, 0) is 36.5 Å². The van der Waals surface area contributed by atoms with Crippen molar-refractivity contribution in [2.75, 3.05) is 7.11 Å². The topological polar surface area (TPSA) is 95.7 Å². The number of primary sulfonamides is 1. The highest BCUT2D eigenvalue weighted by Crippen LogP contribution is 2.40. The summed E-state index contributed by atoms with van der Waals surface area (Å²) < 4.78 is 49.8. The van der Waals surface area contributed by atoms with Gasteiger partial charge in [-0.05, 0) is 41.5 Å². The molecule has 31 heavy (non-hydrogen) atoms. The summed E-state index contributed by atoms with van der Waals surface area (Å²) in [6.45, 7) is -0.138. The molecule has 0 unspecified atom stereocenters. The van der Waals surface area contributed by atoms with Gasteiger partial charge in [0.15, 0.2) is 0 Å². The van der Waals surface area contributed by atoms with Gasteiger partial charge in [-0.25, -0.2) is 22.7 Å². The van der Waals surface area contributed by atoms with E-state index in [1.807, 2.05) is 0 Å². The van der Waals surface area contributed by atoms with Crippen molar-refractivity contribution in [3.8, 4) is 0 Å². The van der Waals surface area contributed by atoms with Crippen molar-refractivity contribution in [3.05, 3.63) is 99.8 Å². The van der Waals surface area contributed by atoms with Gasteiger partial charge >= 0.3 is 5.97 Å². The number of halogens is 2. The standard InChI is InChI=1S/C22H19BrFNO5S/c1-29-21(26)22(16-5-3-2-4-6-16,30-14-15-7-10-18(24)11-8-15)19-13-17(23)9-12-20(19)31(25,27)28/h2-13H,14H2,1H3,(H2,25,27,28)/t22-/m1/s1. The number of rotatable bonds is 7. The number of ether oxygens (including phenoxy) is 2. The molecule has 0 saturated carbocycles. The highest BCUT2D eigenvalue weighted by Gasteiger charge is 2.47. The number of carbonyl (C=O) groups excluding carboxylic acids is 1. The van der Waals surface area contributed by atoms with E-state index in [0.717, 1.165) is 0 Å². The third kappa shape index (κ3) is 4.85. The van der Waals surface area contributed by atoms with E-state index in [9.17, 15) is 17.6 Å². The van der Waals surface area contributed by atoms with E-state index in [1.54, 1.807) is 30.3 Å². The number of carbonyl (C=O) groups is 1. The number of benzene rings is 3. The first-order valence-corrected chi connectivity index (χ1v) is 11.4. The lowest BCUT2D eigenvalue weighted by atomic mass is 9.85. The summed E-state index contributed by atoms with van der Waals surface area (Å²) in [6.07, 6.45) is 0. The average Bonchev–Trinajstić information content (AvgIpc) is 2.75. The first-order valence-electron chi connectivity index (χ1n) is 9.03. The molecule has 0 amide bonds. The first kappa shape index (κ1) is 23.1. The lowest BCUT2D eigenvalue weighted by Gasteiger charge is -2.33. The van der Waals surface area contributed by atoms with E-state index in [-0.39, 0.29) is 17.1 Å². The zero-order valence-electron chi connectivity index (χ0n) is 16.4. The van der Waals surface area contributed by atoms with Crippen molar-refractivity contribution in [1.82, 2.24) is 0 Å². The molecule has 0 aliphatic carbocycles. The van der Waals surface area contributed by atoms with Crippen molar-refractivity contribution in [2.24, 2.45) is 5.14 Å². The van der Waals surface area contributed by atoms with E-state index in [0.29, 0.717) is 15.6 Å². The maximum atomic E-state index is 13.3. The van der Waals surface area contributed by atoms with Gasteiger partial charge in [0.05, 0.1) is 18.6 Å². The molecule has 162 valence electrons. The normalized spacial score (nSPS) is 13.4. The number of hydrogen-bond donors (Lipinski definition) is 1. The number of esters is 1. The minimum Gasteiger partial charge on any atom is -0.466 e. The first-order chi connectivity index (χ1) is 14.7. The van der Waals surface area contributed by atoms with Crippen molar-refractivity contribution >= 4 is 31.9 Å². The van der Waals surface area contributed by atoms with Crippen LogP contribution in [0.25, 0.3) is 0 Å². The van der Waals surface area contributed by atoms with Crippen LogP contribution in [0.3, 0.4) is 0 Å². The quantitative estimate of drug-likeness (QED) is 0.489. The summed E-state index contributed by atoms with van der Waals surface area (Å²) in [4.78, 5) is 13.0. The van der Waals surface area contributed by atoms with Crippen LogP contribution in [0, 0.1) is 5.82 Å². The van der Waals surface area contributed by atoms with Gasteiger partial charge in [0.25, 0.3) is 0 Å². The molecule has 6 nitrogen and oxygen atoms in total. The smallest absolute Gasteiger partial charge is 0.347 e. The Labute approximate surface area is 188 Å². The Morgan fingerprint density at radius 1 is 1.06 bits per heavy atom. The van der Waals surface area contributed by atoms with Crippen molar-refractivity contribution in [3.63, 3.8) is 0 Å². The van der Waals surface area contributed by atoms with Crippen LogP contribution < -0.4 is 5.14 Å². The molecule has 2 N–H and O–H groups in total. The van der Waals surface area contributed by atoms with Crippen molar-refractivity contribution in [2.45, 2.75) is 17.1 Å². The largest absolute Gasteiger partial charge is 0.466 e. The Bertz CT molecular complexity index is 1190. The van der Waals surface area contributed by atoms with Crippen LogP contribution in [0.15, 0.2) is 82.2 Å². The van der Waals surface area contributed by atoms with Gasteiger partial charge in [-0.15, -0.1) is 0 Å². The Morgan fingerprint density at radius 3 is 2.29 bits per heavy atom. The second-order valence-electron chi connectivity index (χ2n) is 6.64. The minimum absolute atomic E-state index is 0.00969. The predicted octanol–water partition coefficient (Wildman–Crippen LogP) is 3.87. The van der Waals surface area contributed by atoms with Gasteiger partial charge in [-0.3, -0.25) is 0 Å². The average molecular weight is 508 g/mol. The van der Waals surface area contributed by atoms with Crippen LogP contribution in [0.4, 0.5) is 4.39 Å². The van der Waals surface area contributed by atoms with Crippen LogP contribution in [0.5, 0.6) is 0 Å². The molecule has 3 aromatic carbocycles. The molecule has 1 atom stereocenters. The zero-order valence-corrected chi connectivity index (χ0v) is 18.8. The molecule has 0 radical (unpaired) electrons. The Balaban J connectivity index is 2.29. The number of methoxy groups -OCH3 is 1. The lowest BCUT2D eigenvalue weighted by Crippen LogP contribution is -2.42. The third-order valence-electron chi connectivity index (χ3n) is 4.65. The molecule has 0 heterocycles. The van der Waals surface area contributed by atoms with Crippen LogP contribution in [0.1, 0.15) is 16.7 Å². The van der Waals surface area contributed by atoms with Crippen molar-refractivity contribution in [1.29, 1.82) is 0 Å². The summed E-state index contributed by atoms with van der Waals surface area (Å²) in [5, 5.41) is 5.46.